The molecule has 6 rings (SSSR count). The van der Waals surface area contributed by atoms with Crippen LogP contribution < -0.4 is 20.9 Å². The first-order valence-electron chi connectivity index (χ1n) is 16.0. The maximum atomic E-state index is 13.5. The van der Waals surface area contributed by atoms with Crippen molar-refractivity contribution in [2.24, 2.45) is 0 Å². The highest BCUT2D eigenvalue weighted by molar-refractivity contribution is 6.37. The van der Waals surface area contributed by atoms with Crippen molar-refractivity contribution in [2.75, 3.05) is 68.7 Å². The van der Waals surface area contributed by atoms with E-state index in [0.717, 1.165) is 54.3 Å². The van der Waals surface area contributed by atoms with Crippen LogP contribution in [0, 0.1) is 0 Å². The van der Waals surface area contributed by atoms with Crippen molar-refractivity contribution in [3.8, 4) is 0 Å². The van der Waals surface area contributed by atoms with Crippen molar-refractivity contribution in [3.63, 3.8) is 0 Å². The van der Waals surface area contributed by atoms with Gasteiger partial charge in [0.25, 0.3) is 11.8 Å². The number of imidazole rings is 1. The molecule has 1 aliphatic heterocycles. The molecule has 4 aromatic rings. The molecule has 0 bridgehead atoms. The Kier molecular flexibility index (Phi) is 9.51. The van der Waals surface area contributed by atoms with Crippen molar-refractivity contribution in [3.05, 3.63) is 107 Å². The number of hydrogen-bond donors (Lipinski definition) is 4. The number of nitrogens with zero attached hydrogens (tertiary/aromatic N) is 4. The highest BCUT2D eigenvalue weighted by Crippen LogP contribution is 2.39. The molecule has 2 heterocycles. The van der Waals surface area contributed by atoms with Crippen molar-refractivity contribution in [1.29, 1.82) is 0 Å². The van der Waals surface area contributed by atoms with Crippen molar-refractivity contribution >= 4 is 57.8 Å². The van der Waals surface area contributed by atoms with E-state index in [1.165, 1.54) is 0 Å². The first kappa shape index (κ1) is 32.4. The lowest BCUT2D eigenvalue weighted by molar-refractivity contribution is -0.119. The maximum Gasteiger partial charge on any atom is 0.291 e. The molecule has 246 valence electrons. The summed E-state index contributed by atoms with van der Waals surface area (Å²) in [6, 6.07) is 22.6. The maximum absolute atomic E-state index is 13.5. The number of benzene rings is 3. The average molecular weight is 645 g/mol. The third-order valence-corrected chi connectivity index (χ3v) is 8.42. The fourth-order valence-electron chi connectivity index (χ4n) is 5.70. The van der Waals surface area contributed by atoms with Crippen LogP contribution in [0.3, 0.4) is 0 Å². The second-order valence-electron chi connectivity index (χ2n) is 12.3. The first-order chi connectivity index (χ1) is 23.2. The van der Waals surface area contributed by atoms with Crippen molar-refractivity contribution < 1.29 is 14.4 Å². The number of likely N-dealkylation sites (N-methyl/N-ethyl adjacent to an activating group) is 3. The summed E-state index contributed by atoms with van der Waals surface area (Å²) in [6.45, 7) is 1.99. The average Bonchev–Trinajstić information content (AvgIpc) is 3.67. The fourth-order valence-corrected chi connectivity index (χ4v) is 5.70. The molecule has 0 atom stereocenters. The molecule has 0 spiro atoms. The predicted octanol–water partition coefficient (Wildman–Crippen LogP) is 5.01. The Morgan fingerprint density at radius 1 is 0.896 bits per heavy atom. The molecular formula is C37H40N8O3. The highest BCUT2D eigenvalue weighted by Gasteiger charge is 2.29. The summed E-state index contributed by atoms with van der Waals surface area (Å²) in [5.74, 6) is -0.359. The Morgan fingerprint density at radius 2 is 1.65 bits per heavy atom. The zero-order chi connectivity index (χ0) is 33.8. The number of aromatic nitrogens is 2. The monoisotopic (exact) mass is 644 g/mol. The van der Waals surface area contributed by atoms with Crippen LogP contribution in [0.4, 0.5) is 22.7 Å². The van der Waals surface area contributed by atoms with Crippen LogP contribution in [0.25, 0.3) is 17.3 Å². The number of anilines is 4. The second-order valence-corrected chi connectivity index (χ2v) is 12.3. The van der Waals surface area contributed by atoms with Crippen LogP contribution in [0.15, 0.2) is 78.9 Å². The van der Waals surface area contributed by atoms with Gasteiger partial charge >= 0.3 is 0 Å². The largest absolute Gasteiger partial charge is 0.354 e. The van der Waals surface area contributed by atoms with Gasteiger partial charge in [-0.2, -0.15) is 0 Å². The molecule has 11 nitrogen and oxygen atoms in total. The van der Waals surface area contributed by atoms with Gasteiger partial charge in [-0.25, -0.2) is 4.98 Å². The van der Waals surface area contributed by atoms with Gasteiger partial charge in [0.1, 0.15) is 0 Å². The highest BCUT2D eigenvalue weighted by atomic mass is 16.2. The van der Waals surface area contributed by atoms with Crippen LogP contribution in [0.5, 0.6) is 0 Å². The zero-order valence-electron chi connectivity index (χ0n) is 27.6. The minimum Gasteiger partial charge on any atom is -0.354 e. The molecule has 1 aromatic heterocycles. The Labute approximate surface area is 280 Å². The van der Waals surface area contributed by atoms with Gasteiger partial charge in [0, 0.05) is 42.8 Å². The molecule has 0 fully saturated rings. The number of nitrogens with one attached hydrogen (secondary N) is 4. The number of allylic oxidation sites excluding steroid dienone is 1. The predicted molar refractivity (Wildman–Crippen MR) is 192 cm³/mol. The molecule has 3 amide bonds. The van der Waals surface area contributed by atoms with E-state index in [9.17, 15) is 14.4 Å². The number of H-pyrrole nitrogens is 1. The Bertz CT molecular complexity index is 1890. The number of fused-ring (bicyclic) bond motifs is 2. The number of aromatic amines is 1. The molecule has 0 saturated carbocycles. The summed E-state index contributed by atoms with van der Waals surface area (Å²) in [6.07, 6.45) is 5.70. The number of carbonyl (C=O) groups excluding carboxylic acids is 3. The molecule has 0 unspecified atom stereocenters. The molecular weight excluding hydrogens is 604 g/mol. The summed E-state index contributed by atoms with van der Waals surface area (Å²) < 4.78 is 0. The van der Waals surface area contributed by atoms with Crippen LogP contribution in [-0.4, -0.2) is 85.3 Å². The van der Waals surface area contributed by atoms with Crippen LogP contribution in [-0.2, 0) is 16.0 Å². The minimum absolute atomic E-state index is 0.000663. The van der Waals surface area contributed by atoms with Crippen LogP contribution >= 0.6 is 0 Å². The summed E-state index contributed by atoms with van der Waals surface area (Å²) >= 11 is 0. The molecule has 3 aromatic carbocycles. The first-order valence-corrected chi connectivity index (χ1v) is 16.0. The Hall–Kier alpha value is -5.52. The molecule has 48 heavy (non-hydrogen) atoms. The topological polar surface area (TPSA) is 126 Å². The molecule has 4 N–H and O–H groups in total. The van der Waals surface area contributed by atoms with E-state index in [-0.39, 0.29) is 23.5 Å². The van der Waals surface area contributed by atoms with E-state index in [4.69, 9.17) is 0 Å². The number of hydrogen-bond acceptors (Lipinski definition) is 7. The lowest BCUT2D eigenvalue weighted by Crippen LogP contribution is -2.39. The van der Waals surface area contributed by atoms with E-state index in [2.05, 4.69) is 36.9 Å². The van der Waals surface area contributed by atoms with Gasteiger partial charge in [0.05, 0.1) is 34.9 Å². The second kappa shape index (κ2) is 14.1. The van der Waals surface area contributed by atoms with E-state index in [0.29, 0.717) is 34.8 Å². The van der Waals surface area contributed by atoms with Gasteiger partial charge < -0.3 is 30.7 Å². The SMILES string of the molecule is CN(C)CCN(C)CC(=O)N(C)c1ccc(N/C(=C2\C(=O)Nc3cc(NC(=O)c4nc5c([nH]4)C=CCC5)ccc32)c2ccccc2)cc1. The summed E-state index contributed by atoms with van der Waals surface area (Å²) in [5, 5.41) is 9.34. The van der Waals surface area contributed by atoms with Gasteiger partial charge in [-0.15, -0.1) is 0 Å². The van der Waals surface area contributed by atoms with Crippen LogP contribution in [0.1, 0.15) is 39.6 Å². The normalized spacial score (nSPS) is 14.4. The molecule has 11 heteroatoms. The van der Waals surface area contributed by atoms with E-state index in [1.807, 2.05) is 92.8 Å². The van der Waals surface area contributed by atoms with E-state index < -0.39 is 0 Å². The molecule has 0 saturated heterocycles. The summed E-state index contributed by atoms with van der Waals surface area (Å²) in [4.78, 5) is 52.8. The fraction of sp³-hybridized carbons (Fsp3) is 0.243. The zero-order valence-corrected chi connectivity index (χ0v) is 27.6. The molecule has 0 radical (unpaired) electrons. The van der Waals surface area contributed by atoms with Gasteiger partial charge in [-0.3, -0.25) is 19.3 Å². The number of rotatable bonds is 11. The standard InChI is InChI=1S/C37H40N8O3/c1-43(2)20-21-44(3)23-32(46)45(4)27-17-14-25(15-18-27)38-34(24-10-6-5-7-11-24)33-28-19-16-26(22-31(28)42-36(33)47)39-37(48)35-40-29-12-8-9-13-30(29)41-35/h5-8,10-12,14-19,22,38H,9,13,20-21,23H2,1-4H3,(H,39,48)(H,40,41)(H,42,47)/b34-33-. The van der Waals surface area contributed by atoms with E-state index >= 15 is 0 Å². The molecule has 2 aliphatic rings. The Morgan fingerprint density at radius 3 is 2.38 bits per heavy atom. The molecule has 1 aliphatic carbocycles. The lowest BCUT2D eigenvalue weighted by atomic mass is 9.99. The lowest BCUT2D eigenvalue weighted by Gasteiger charge is -2.23. The third kappa shape index (κ3) is 7.22. The smallest absolute Gasteiger partial charge is 0.291 e. The van der Waals surface area contributed by atoms with E-state index in [1.54, 1.807) is 24.1 Å². The summed E-state index contributed by atoms with van der Waals surface area (Å²) in [7, 11) is 7.75. The van der Waals surface area contributed by atoms with Gasteiger partial charge in [0.2, 0.25) is 5.91 Å². The van der Waals surface area contributed by atoms with Crippen molar-refractivity contribution in [1.82, 2.24) is 19.8 Å². The Balaban J connectivity index is 1.22. The number of amides is 3. The third-order valence-electron chi connectivity index (χ3n) is 8.42. The number of aryl methyl sites for hydroxylation is 1. The van der Waals surface area contributed by atoms with Gasteiger partial charge in [-0.1, -0.05) is 36.4 Å². The van der Waals surface area contributed by atoms with Crippen molar-refractivity contribution in [2.45, 2.75) is 12.8 Å². The minimum atomic E-state index is -0.350. The quantitative estimate of drug-likeness (QED) is 0.169. The van der Waals surface area contributed by atoms with Gasteiger partial charge in [0.15, 0.2) is 5.82 Å². The summed E-state index contributed by atoms with van der Waals surface area (Å²) in [5.41, 5.74) is 7.07. The van der Waals surface area contributed by atoms with Crippen LogP contribution in [0.2, 0.25) is 0 Å². The van der Waals surface area contributed by atoms with Gasteiger partial charge in [-0.05, 0) is 88.1 Å². The number of carbonyl (C=O) groups is 3.